The fourth-order valence-corrected chi connectivity index (χ4v) is 4.41. The second-order valence-corrected chi connectivity index (χ2v) is 8.57. The van der Waals surface area contributed by atoms with Crippen LogP contribution in [0.2, 0.25) is 0 Å². The first-order valence-corrected chi connectivity index (χ1v) is 11.2. The highest BCUT2D eigenvalue weighted by Crippen LogP contribution is 2.29. The third-order valence-corrected chi connectivity index (χ3v) is 6.45. The number of likely N-dealkylation sites (tertiary alicyclic amines) is 1. The Bertz CT molecular complexity index is 1240. The van der Waals surface area contributed by atoms with Crippen molar-refractivity contribution in [1.82, 2.24) is 19.4 Å². The number of hydrogen-bond acceptors (Lipinski definition) is 7. The number of halogens is 1. The average molecular weight is 497 g/mol. The van der Waals surface area contributed by atoms with E-state index in [9.17, 15) is 9.59 Å². The third-order valence-electron chi connectivity index (χ3n) is 6.45. The Morgan fingerprint density at radius 2 is 2.00 bits per heavy atom. The van der Waals surface area contributed by atoms with Gasteiger partial charge in [-0.1, -0.05) is 19.1 Å². The number of hydrogen-bond donors (Lipinski definition) is 2. The summed E-state index contributed by atoms with van der Waals surface area (Å²) in [4.78, 5) is 37.9. The molecule has 3 N–H and O–H groups in total. The number of piperidine rings is 1. The van der Waals surface area contributed by atoms with Gasteiger partial charge in [0.05, 0.1) is 17.5 Å². The number of nitrogens with two attached hydrogens (primary N) is 1. The first-order chi connectivity index (χ1) is 16.4. The van der Waals surface area contributed by atoms with Gasteiger partial charge in [0.2, 0.25) is 5.91 Å². The van der Waals surface area contributed by atoms with E-state index in [1.165, 1.54) is 10.9 Å². The number of benzene rings is 1. The van der Waals surface area contributed by atoms with Crippen molar-refractivity contribution in [2.45, 2.75) is 32.4 Å². The molecule has 4 rings (SSSR count). The molecule has 0 saturated carbocycles. The van der Waals surface area contributed by atoms with Crippen LogP contribution in [0.4, 0.5) is 16.3 Å². The lowest BCUT2D eigenvalue weighted by Crippen LogP contribution is -2.52. The van der Waals surface area contributed by atoms with Gasteiger partial charge in [-0.2, -0.15) is 5.26 Å². The molecule has 2 aromatic heterocycles. The lowest BCUT2D eigenvalue weighted by Gasteiger charge is -2.42. The average Bonchev–Trinajstić information content (AvgIpc) is 3.29. The highest BCUT2D eigenvalue weighted by molar-refractivity contribution is 5.99. The minimum atomic E-state index is -0.331. The van der Waals surface area contributed by atoms with E-state index >= 15 is 0 Å². The monoisotopic (exact) mass is 496 g/mol. The van der Waals surface area contributed by atoms with E-state index in [1.807, 2.05) is 48.3 Å². The van der Waals surface area contributed by atoms with Crippen molar-refractivity contribution >= 4 is 46.9 Å². The summed E-state index contributed by atoms with van der Waals surface area (Å²) in [5.41, 5.74) is 7.77. The summed E-state index contributed by atoms with van der Waals surface area (Å²) in [7, 11) is 1.94. The van der Waals surface area contributed by atoms with Gasteiger partial charge < -0.3 is 20.9 Å². The van der Waals surface area contributed by atoms with E-state index in [4.69, 9.17) is 11.0 Å². The van der Waals surface area contributed by atoms with Crippen molar-refractivity contribution < 1.29 is 9.59 Å². The molecular weight excluding hydrogens is 468 g/mol. The van der Waals surface area contributed by atoms with Crippen LogP contribution in [-0.4, -0.2) is 57.6 Å². The van der Waals surface area contributed by atoms with Crippen LogP contribution in [0.15, 0.2) is 42.9 Å². The van der Waals surface area contributed by atoms with Crippen LogP contribution in [0, 0.1) is 17.2 Å². The van der Waals surface area contributed by atoms with Crippen LogP contribution >= 0.6 is 12.4 Å². The first-order valence-electron chi connectivity index (χ1n) is 11.2. The van der Waals surface area contributed by atoms with Crippen LogP contribution in [0.1, 0.15) is 25.3 Å². The minimum absolute atomic E-state index is 0. The Labute approximate surface area is 210 Å². The van der Waals surface area contributed by atoms with Crippen molar-refractivity contribution in [2.75, 3.05) is 30.4 Å². The Morgan fingerprint density at radius 1 is 1.26 bits per heavy atom. The molecule has 0 unspecified atom stereocenters. The van der Waals surface area contributed by atoms with Crippen LogP contribution < -0.4 is 16.0 Å². The summed E-state index contributed by atoms with van der Waals surface area (Å²) in [5.74, 6) is 0.862. The Morgan fingerprint density at radius 3 is 2.69 bits per heavy atom. The number of fused-ring (bicyclic) bond motifs is 1. The summed E-state index contributed by atoms with van der Waals surface area (Å²) < 4.78 is 1.46. The molecule has 0 radical (unpaired) electrons. The Balaban J connectivity index is 0.00000342. The van der Waals surface area contributed by atoms with Crippen molar-refractivity contribution in [1.29, 1.82) is 5.26 Å². The van der Waals surface area contributed by atoms with Gasteiger partial charge in [0.15, 0.2) is 5.65 Å². The quantitative estimate of drug-likeness (QED) is 0.554. The standard InChI is InChI=1S/C24H28N8O2.ClH/c1-16-8-11-31(21(33)7-10-25)14-20(16)30(2)22-19-9-12-32(23(19)28-15-27-22)24(34)29-18-5-3-17(13-26)4-6-18;/h3-6,9,12,15-16,20H,7-8,11,13-14,26H2,1-2H3,(H,29,34);1H/t16-,20+;/m1./s1. The Hall–Kier alpha value is -3.68. The molecule has 0 spiro atoms. The molecule has 1 aliphatic rings. The van der Waals surface area contributed by atoms with Crippen LogP contribution in [0.25, 0.3) is 11.0 Å². The summed E-state index contributed by atoms with van der Waals surface area (Å²) in [6.07, 6.45) is 3.84. The smallest absolute Gasteiger partial charge is 0.331 e. The molecule has 11 heteroatoms. The topological polar surface area (TPSA) is 133 Å². The maximum absolute atomic E-state index is 12.9. The molecule has 2 amide bonds. The largest absolute Gasteiger partial charge is 0.354 e. The molecular formula is C24H29ClN8O2. The highest BCUT2D eigenvalue weighted by atomic mass is 35.5. The van der Waals surface area contributed by atoms with Gasteiger partial charge in [-0.25, -0.2) is 14.8 Å². The molecule has 184 valence electrons. The van der Waals surface area contributed by atoms with Crippen LogP contribution in [0.5, 0.6) is 0 Å². The van der Waals surface area contributed by atoms with E-state index in [1.54, 1.807) is 11.1 Å². The number of amides is 2. The zero-order valence-corrected chi connectivity index (χ0v) is 20.5. The molecule has 35 heavy (non-hydrogen) atoms. The number of nitrogens with one attached hydrogen (secondary N) is 1. The summed E-state index contributed by atoms with van der Waals surface area (Å²) in [5, 5.41) is 12.5. The molecule has 3 aromatic rings. The lowest BCUT2D eigenvalue weighted by molar-refractivity contribution is -0.131. The summed E-state index contributed by atoms with van der Waals surface area (Å²) in [6, 6.07) is 10.8. The number of nitrogens with zero attached hydrogens (tertiary/aromatic N) is 6. The summed E-state index contributed by atoms with van der Waals surface area (Å²) >= 11 is 0. The number of rotatable bonds is 5. The molecule has 1 saturated heterocycles. The molecule has 1 aromatic carbocycles. The number of carbonyl (C=O) groups is 2. The predicted molar refractivity (Wildman–Crippen MR) is 136 cm³/mol. The van der Waals surface area contributed by atoms with Gasteiger partial charge in [-0.3, -0.25) is 9.36 Å². The molecule has 10 nitrogen and oxygen atoms in total. The number of likely N-dealkylation sites (N-methyl/N-ethyl adjacent to an activating group) is 1. The van der Waals surface area contributed by atoms with E-state index in [0.29, 0.717) is 42.7 Å². The highest BCUT2D eigenvalue weighted by Gasteiger charge is 2.32. The summed E-state index contributed by atoms with van der Waals surface area (Å²) in [6.45, 7) is 3.76. The van der Waals surface area contributed by atoms with Crippen molar-refractivity contribution in [3.63, 3.8) is 0 Å². The number of anilines is 2. The van der Waals surface area contributed by atoms with Gasteiger partial charge in [-0.15, -0.1) is 12.4 Å². The number of carbonyl (C=O) groups excluding carboxylic acids is 2. The van der Waals surface area contributed by atoms with Crippen LogP contribution in [0.3, 0.4) is 0 Å². The van der Waals surface area contributed by atoms with Crippen LogP contribution in [-0.2, 0) is 11.3 Å². The molecule has 1 aliphatic heterocycles. The van der Waals surface area contributed by atoms with E-state index < -0.39 is 0 Å². The zero-order valence-electron chi connectivity index (χ0n) is 19.7. The second-order valence-electron chi connectivity index (χ2n) is 8.57. The fourth-order valence-electron chi connectivity index (χ4n) is 4.41. The fraction of sp³-hybridized carbons (Fsp3) is 0.375. The number of aromatic nitrogens is 3. The van der Waals surface area contributed by atoms with E-state index in [-0.39, 0.29) is 36.8 Å². The van der Waals surface area contributed by atoms with Crippen molar-refractivity contribution in [2.24, 2.45) is 11.7 Å². The van der Waals surface area contributed by atoms with Crippen molar-refractivity contribution in [3.8, 4) is 6.07 Å². The maximum atomic E-state index is 12.9. The van der Waals surface area contributed by atoms with Gasteiger partial charge in [0.25, 0.3) is 0 Å². The molecule has 0 bridgehead atoms. The van der Waals surface area contributed by atoms with Gasteiger partial charge in [-0.05, 0) is 36.1 Å². The molecule has 2 atom stereocenters. The molecule has 1 fully saturated rings. The van der Waals surface area contributed by atoms with E-state index in [2.05, 4.69) is 22.2 Å². The zero-order chi connectivity index (χ0) is 24.2. The second kappa shape index (κ2) is 11.2. The SMILES string of the molecule is C[C@@H]1CCN(C(=O)CC#N)C[C@@H]1N(C)c1ncnc2c1ccn2C(=O)Nc1ccc(CN)cc1.Cl. The Kier molecular flexibility index (Phi) is 8.27. The minimum Gasteiger partial charge on any atom is -0.354 e. The normalized spacial score (nSPS) is 17.4. The molecule has 0 aliphatic carbocycles. The van der Waals surface area contributed by atoms with Crippen molar-refractivity contribution in [3.05, 3.63) is 48.4 Å². The third kappa shape index (κ3) is 5.37. The van der Waals surface area contributed by atoms with Gasteiger partial charge in [0.1, 0.15) is 18.6 Å². The first kappa shape index (κ1) is 25.9. The van der Waals surface area contributed by atoms with Gasteiger partial charge >= 0.3 is 6.03 Å². The van der Waals surface area contributed by atoms with Gasteiger partial charge in [0, 0.05) is 38.6 Å². The predicted octanol–water partition coefficient (Wildman–Crippen LogP) is 2.98. The lowest BCUT2D eigenvalue weighted by atomic mass is 9.92. The van der Waals surface area contributed by atoms with E-state index in [0.717, 1.165) is 17.4 Å². The molecule has 3 heterocycles. The maximum Gasteiger partial charge on any atom is 0.331 e. The number of nitriles is 1.